The second-order valence-corrected chi connectivity index (χ2v) is 7.66. The van der Waals surface area contributed by atoms with E-state index in [0.717, 1.165) is 25.9 Å². The van der Waals surface area contributed by atoms with Gasteiger partial charge in [0.25, 0.3) is 0 Å². The molecule has 1 atom stereocenters. The summed E-state index contributed by atoms with van der Waals surface area (Å²) in [6, 6.07) is 9.46. The van der Waals surface area contributed by atoms with E-state index in [1.165, 1.54) is 6.42 Å². The normalized spacial score (nSPS) is 29.4. The molecule has 0 aromatic heterocycles. The van der Waals surface area contributed by atoms with Crippen molar-refractivity contribution in [3.8, 4) is 6.07 Å². The Hall–Kier alpha value is -1.38. The fourth-order valence-corrected chi connectivity index (χ4v) is 5.04. The molecule has 0 saturated carbocycles. The van der Waals surface area contributed by atoms with Crippen molar-refractivity contribution in [3.63, 3.8) is 0 Å². The third kappa shape index (κ3) is 1.95. The van der Waals surface area contributed by atoms with Crippen LogP contribution in [0.4, 0.5) is 0 Å². The summed E-state index contributed by atoms with van der Waals surface area (Å²) in [5, 5.41) is 9.82. The molecule has 106 valence electrons. The predicted octanol–water partition coefficient (Wildman–Crippen LogP) is 2.07. The molecular weight excluding hydrogens is 272 g/mol. The topological polar surface area (TPSA) is 61.2 Å². The highest BCUT2D eigenvalue weighted by Crippen LogP contribution is 2.41. The summed E-state index contributed by atoms with van der Waals surface area (Å²) in [5.74, 6) is 0.0636. The number of hydrogen-bond acceptors (Lipinski definition) is 4. The van der Waals surface area contributed by atoms with Crippen LogP contribution in [-0.4, -0.2) is 32.2 Å². The van der Waals surface area contributed by atoms with Gasteiger partial charge in [0.05, 0.1) is 16.7 Å². The first-order chi connectivity index (χ1) is 9.60. The Balaban J connectivity index is 2.16. The molecule has 4 nitrogen and oxygen atoms in total. The standard InChI is InChI=1S/C15H18N2O2S/c16-12-15(17-9-4-1-5-10-17)8-11-20(18,19)14-7-3-2-6-13(14)15/h2-3,6-7H,1,4-5,8-11H2. The van der Waals surface area contributed by atoms with E-state index in [4.69, 9.17) is 0 Å². The van der Waals surface area contributed by atoms with Crippen LogP contribution in [0.3, 0.4) is 0 Å². The molecule has 5 heteroatoms. The van der Waals surface area contributed by atoms with E-state index in [9.17, 15) is 13.7 Å². The first-order valence-corrected chi connectivity index (χ1v) is 8.74. The van der Waals surface area contributed by atoms with E-state index < -0.39 is 15.4 Å². The molecule has 1 aromatic rings. The van der Waals surface area contributed by atoms with Gasteiger partial charge in [-0.1, -0.05) is 24.6 Å². The molecule has 0 amide bonds. The number of likely N-dealkylation sites (tertiary alicyclic amines) is 1. The van der Waals surface area contributed by atoms with Crippen molar-refractivity contribution in [2.45, 2.75) is 36.1 Å². The molecule has 2 aliphatic rings. The number of rotatable bonds is 1. The van der Waals surface area contributed by atoms with Gasteiger partial charge in [-0.3, -0.25) is 4.90 Å². The minimum Gasteiger partial charge on any atom is -0.282 e. The quantitative estimate of drug-likeness (QED) is 0.794. The lowest BCUT2D eigenvalue weighted by atomic mass is 9.84. The third-order valence-electron chi connectivity index (χ3n) is 4.48. The van der Waals surface area contributed by atoms with Crippen molar-refractivity contribution in [2.24, 2.45) is 0 Å². The highest BCUT2D eigenvalue weighted by atomic mass is 32.2. The minimum absolute atomic E-state index is 0.0636. The van der Waals surface area contributed by atoms with E-state index >= 15 is 0 Å². The van der Waals surface area contributed by atoms with E-state index in [-0.39, 0.29) is 5.75 Å². The Morgan fingerprint density at radius 2 is 1.85 bits per heavy atom. The lowest BCUT2D eigenvalue weighted by Crippen LogP contribution is -2.51. The number of nitriles is 1. The summed E-state index contributed by atoms with van der Waals surface area (Å²) in [7, 11) is -3.24. The molecule has 1 aromatic carbocycles. The van der Waals surface area contributed by atoms with Gasteiger partial charge in [0.2, 0.25) is 0 Å². The summed E-state index contributed by atoms with van der Waals surface area (Å²) in [5.41, 5.74) is -0.0850. The second kappa shape index (κ2) is 4.87. The van der Waals surface area contributed by atoms with Crippen LogP contribution in [0.15, 0.2) is 29.2 Å². The van der Waals surface area contributed by atoms with Crippen molar-refractivity contribution >= 4 is 9.84 Å². The van der Waals surface area contributed by atoms with Crippen LogP contribution in [0.1, 0.15) is 31.2 Å². The average molecular weight is 290 g/mol. The number of piperidine rings is 1. The van der Waals surface area contributed by atoms with Gasteiger partial charge in [-0.25, -0.2) is 8.42 Å². The first-order valence-electron chi connectivity index (χ1n) is 7.09. The molecule has 0 bridgehead atoms. The Bertz CT molecular complexity index is 657. The fraction of sp³-hybridized carbons (Fsp3) is 0.533. The second-order valence-electron chi connectivity index (χ2n) is 5.58. The lowest BCUT2D eigenvalue weighted by molar-refractivity contribution is 0.102. The number of sulfone groups is 1. The molecule has 1 fully saturated rings. The molecular formula is C15H18N2O2S. The zero-order valence-corrected chi connectivity index (χ0v) is 12.2. The van der Waals surface area contributed by atoms with Crippen molar-refractivity contribution < 1.29 is 8.42 Å². The molecule has 2 heterocycles. The summed E-state index contributed by atoms with van der Waals surface area (Å²) in [6.07, 6.45) is 3.73. The highest BCUT2D eigenvalue weighted by Gasteiger charge is 2.46. The van der Waals surface area contributed by atoms with Crippen molar-refractivity contribution in [2.75, 3.05) is 18.8 Å². The minimum atomic E-state index is -3.24. The molecule has 3 rings (SSSR count). The largest absolute Gasteiger partial charge is 0.282 e. The van der Waals surface area contributed by atoms with Gasteiger partial charge in [0.1, 0.15) is 5.54 Å². The van der Waals surface area contributed by atoms with E-state index in [0.29, 0.717) is 16.9 Å². The molecule has 0 spiro atoms. The van der Waals surface area contributed by atoms with Crippen LogP contribution < -0.4 is 0 Å². The fourth-order valence-electron chi connectivity index (χ4n) is 3.40. The van der Waals surface area contributed by atoms with E-state index in [2.05, 4.69) is 11.0 Å². The highest BCUT2D eigenvalue weighted by molar-refractivity contribution is 7.91. The van der Waals surface area contributed by atoms with Crippen LogP contribution in [0, 0.1) is 11.3 Å². The maximum atomic E-state index is 12.2. The van der Waals surface area contributed by atoms with Crippen LogP contribution in [-0.2, 0) is 15.4 Å². The molecule has 0 radical (unpaired) electrons. The van der Waals surface area contributed by atoms with Gasteiger partial charge in [-0.05, 0) is 38.4 Å². The zero-order chi connectivity index (χ0) is 14.2. The molecule has 0 aliphatic carbocycles. The Morgan fingerprint density at radius 1 is 1.15 bits per heavy atom. The van der Waals surface area contributed by atoms with Crippen molar-refractivity contribution in [1.82, 2.24) is 4.90 Å². The van der Waals surface area contributed by atoms with E-state index in [1.807, 2.05) is 12.1 Å². The van der Waals surface area contributed by atoms with Gasteiger partial charge in [0.15, 0.2) is 9.84 Å². The Labute approximate surface area is 119 Å². The smallest absolute Gasteiger partial charge is 0.178 e. The molecule has 2 aliphatic heterocycles. The number of benzene rings is 1. The van der Waals surface area contributed by atoms with Gasteiger partial charge >= 0.3 is 0 Å². The van der Waals surface area contributed by atoms with Crippen LogP contribution >= 0.6 is 0 Å². The van der Waals surface area contributed by atoms with Gasteiger partial charge in [0, 0.05) is 5.56 Å². The van der Waals surface area contributed by atoms with Gasteiger partial charge in [-0.2, -0.15) is 5.26 Å². The van der Waals surface area contributed by atoms with Gasteiger partial charge in [-0.15, -0.1) is 0 Å². The third-order valence-corrected chi connectivity index (χ3v) is 6.25. The predicted molar refractivity (Wildman–Crippen MR) is 75.8 cm³/mol. The molecule has 0 N–H and O–H groups in total. The van der Waals surface area contributed by atoms with E-state index in [1.54, 1.807) is 12.1 Å². The summed E-state index contributed by atoms with van der Waals surface area (Å²) in [6.45, 7) is 1.75. The first kappa shape index (κ1) is 13.6. The number of nitrogens with zero attached hydrogens (tertiary/aromatic N) is 2. The van der Waals surface area contributed by atoms with Crippen molar-refractivity contribution in [3.05, 3.63) is 29.8 Å². The van der Waals surface area contributed by atoms with Crippen LogP contribution in [0.25, 0.3) is 0 Å². The summed E-state index contributed by atoms with van der Waals surface area (Å²) >= 11 is 0. The number of hydrogen-bond donors (Lipinski definition) is 0. The lowest BCUT2D eigenvalue weighted by Gasteiger charge is -2.44. The average Bonchev–Trinajstić information content (AvgIpc) is 2.49. The molecule has 20 heavy (non-hydrogen) atoms. The maximum Gasteiger partial charge on any atom is 0.178 e. The zero-order valence-electron chi connectivity index (χ0n) is 11.4. The monoisotopic (exact) mass is 290 g/mol. The van der Waals surface area contributed by atoms with Crippen LogP contribution in [0.5, 0.6) is 0 Å². The summed E-state index contributed by atoms with van der Waals surface area (Å²) < 4.78 is 24.5. The Kier molecular flexibility index (Phi) is 3.31. The molecule has 1 unspecified atom stereocenters. The molecule has 1 saturated heterocycles. The maximum absolute atomic E-state index is 12.2. The van der Waals surface area contributed by atoms with Gasteiger partial charge < -0.3 is 0 Å². The SMILES string of the molecule is N#CC1(N2CCCCC2)CCS(=O)(=O)c2ccccc21. The summed E-state index contributed by atoms with van der Waals surface area (Å²) in [4.78, 5) is 2.53. The number of fused-ring (bicyclic) bond motifs is 1. The van der Waals surface area contributed by atoms with Crippen molar-refractivity contribution in [1.29, 1.82) is 5.26 Å². The Morgan fingerprint density at radius 3 is 2.55 bits per heavy atom. The van der Waals surface area contributed by atoms with Crippen LogP contribution in [0.2, 0.25) is 0 Å².